The number of rotatable bonds is 4. The van der Waals surface area contributed by atoms with E-state index in [2.05, 4.69) is 23.5 Å². The van der Waals surface area contributed by atoms with Crippen molar-refractivity contribution < 1.29 is 9.21 Å². The molecule has 0 radical (unpaired) electrons. The van der Waals surface area contributed by atoms with Gasteiger partial charge >= 0.3 is 0 Å². The van der Waals surface area contributed by atoms with Crippen LogP contribution in [0, 0.1) is 0 Å². The average Bonchev–Trinajstić information content (AvgIpc) is 3.07. The van der Waals surface area contributed by atoms with Crippen molar-refractivity contribution in [3.05, 3.63) is 59.5 Å². The molecule has 1 amide bonds. The number of nitrogens with one attached hydrogen (secondary N) is 1. The molecule has 1 aliphatic carbocycles. The van der Waals surface area contributed by atoms with Crippen LogP contribution in [0.3, 0.4) is 0 Å². The SMILES string of the molecule is O=C(CCc1ccco1)N[C@@H]1CCc2ccccc21. The van der Waals surface area contributed by atoms with Crippen LogP contribution < -0.4 is 5.32 Å². The number of carbonyl (C=O) groups is 1. The Kier molecular flexibility index (Phi) is 3.36. The Balaban J connectivity index is 1.56. The molecule has 0 saturated heterocycles. The number of hydrogen-bond acceptors (Lipinski definition) is 2. The number of carbonyl (C=O) groups excluding carboxylic acids is 1. The van der Waals surface area contributed by atoms with E-state index >= 15 is 0 Å². The highest BCUT2D eigenvalue weighted by molar-refractivity contribution is 5.76. The summed E-state index contributed by atoms with van der Waals surface area (Å²) in [5.41, 5.74) is 2.63. The van der Waals surface area contributed by atoms with Crippen molar-refractivity contribution in [2.24, 2.45) is 0 Å². The quantitative estimate of drug-likeness (QED) is 0.912. The fourth-order valence-electron chi connectivity index (χ4n) is 2.67. The van der Waals surface area contributed by atoms with Gasteiger partial charge in [0.25, 0.3) is 0 Å². The van der Waals surface area contributed by atoms with Crippen LogP contribution in [0.1, 0.15) is 35.8 Å². The normalized spacial score (nSPS) is 17.2. The topological polar surface area (TPSA) is 42.2 Å². The highest BCUT2D eigenvalue weighted by Crippen LogP contribution is 2.30. The van der Waals surface area contributed by atoms with E-state index in [-0.39, 0.29) is 11.9 Å². The summed E-state index contributed by atoms with van der Waals surface area (Å²) in [6.07, 6.45) is 4.84. The van der Waals surface area contributed by atoms with Crippen LogP contribution in [0.2, 0.25) is 0 Å². The van der Waals surface area contributed by atoms with Gasteiger partial charge in [0.05, 0.1) is 12.3 Å². The Morgan fingerprint density at radius 1 is 1.26 bits per heavy atom. The van der Waals surface area contributed by atoms with E-state index in [0.717, 1.165) is 18.6 Å². The van der Waals surface area contributed by atoms with Crippen molar-refractivity contribution in [3.63, 3.8) is 0 Å². The van der Waals surface area contributed by atoms with Crippen molar-refractivity contribution >= 4 is 5.91 Å². The van der Waals surface area contributed by atoms with Gasteiger partial charge in [-0.15, -0.1) is 0 Å². The van der Waals surface area contributed by atoms with Crippen molar-refractivity contribution in [2.45, 2.75) is 31.7 Å². The second-order valence-corrected chi connectivity index (χ2v) is 4.94. The van der Waals surface area contributed by atoms with Crippen LogP contribution in [0.4, 0.5) is 0 Å². The third-order valence-corrected chi connectivity index (χ3v) is 3.65. The van der Waals surface area contributed by atoms with Gasteiger partial charge in [-0.25, -0.2) is 0 Å². The number of benzene rings is 1. The van der Waals surface area contributed by atoms with E-state index in [1.165, 1.54) is 11.1 Å². The summed E-state index contributed by atoms with van der Waals surface area (Å²) in [5.74, 6) is 0.958. The van der Waals surface area contributed by atoms with Gasteiger partial charge in [-0.2, -0.15) is 0 Å². The molecule has 1 N–H and O–H groups in total. The number of amides is 1. The lowest BCUT2D eigenvalue weighted by molar-refractivity contribution is -0.121. The number of furan rings is 1. The first-order valence-corrected chi connectivity index (χ1v) is 6.72. The second-order valence-electron chi connectivity index (χ2n) is 4.94. The first kappa shape index (κ1) is 12.0. The highest BCUT2D eigenvalue weighted by atomic mass is 16.3. The van der Waals surface area contributed by atoms with Crippen molar-refractivity contribution in [1.29, 1.82) is 0 Å². The minimum atomic E-state index is 0.0955. The Labute approximate surface area is 112 Å². The molecule has 3 heteroatoms. The molecule has 0 unspecified atom stereocenters. The van der Waals surface area contributed by atoms with Gasteiger partial charge in [0.1, 0.15) is 5.76 Å². The lowest BCUT2D eigenvalue weighted by Crippen LogP contribution is -2.27. The van der Waals surface area contributed by atoms with Crippen LogP contribution >= 0.6 is 0 Å². The van der Waals surface area contributed by atoms with Gasteiger partial charge < -0.3 is 9.73 Å². The van der Waals surface area contributed by atoms with E-state index in [1.807, 2.05) is 18.2 Å². The van der Waals surface area contributed by atoms with Crippen LogP contribution in [0.5, 0.6) is 0 Å². The molecule has 1 aliphatic rings. The summed E-state index contributed by atoms with van der Waals surface area (Å²) >= 11 is 0. The van der Waals surface area contributed by atoms with Gasteiger partial charge in [0.2, 0.25) is 5.91 Å². The van der Waals surface area contributed by atoms with E-state index in [4.69, 9.17) is 4.42 Å². The van der Waals surface area contributed by atoms with Gasteiger partial charge in [-0.3, -0.25) is 4.79 Å². The van der Waals surface area contributed by atoms with Crippen LogP contribution in [0.25, 0.3) is 0 Å². The maximum atomic E-state index is 12.0. The molecule has 1 atom stereocenters. The molecule has 0 saturated carbocycles. The van der Waals surface area contributed by atoms with Crippen molar-refractivity contribution in [3.8, 4) is 0 Å². The molecular formula is C16H17NO2. The minimum absolute atomic E-state index is 0.0955. The molecular weight excluding hydrogens is 238 g/mol. The van der Waals surface area contributed by atoms with Gasteiger partial charge in [-0.05, 0) is 36.1 Å². The monoisotopic (exact) mass is 255 g/mol. The number of fused-ring (bicyclic) bond motifs is 1. The molecule has 98 valence electrons. The lowest BCUT2D eigenvalue weighted by Gasteiger charge is -2.13. The molecule has 0 fully saturated rings. The zero-order valence-corrected chi connectivity index (χ0v) is 10.8. The largest absolute Gasteiger partial charge is 0.469 e. The first-order valence-electron chi connectivity index (χ1n) is 6.72. The van der Waals surface area contributed by atoms with E-state index in [0.29, 0.717) is 12.8 Å². The van der Waals surface area contributed by atoms with Crippen molar-refractivity contribution in [1.82, 2.24) is 5.32 Å². The summed E-state index contributed by atoms with van der Waals surface area (Å²) in [7, 11) is 0. The summed E-state index contributed by atoms with van der Waals surface area (Å²) in [6.45, 7) is 0. The van der Waals surface area contributed by atoms with Crippen molar-refractivity contribution in [2.75, 3.05) is 0 Å². The van der Waals surface area contributed by atoms with Gasteiger partial charge in [0.15, 0.2) is 0 Å². The molecule has 1 aromatic carbocycles. The molecule has 2 aromatic rings. The van der Waals surface area contributed by atoms with Crippen LogP contribution in [-0.2, 0) is 17.6 Å². The van der Waals surface area contributed by atoms with E-state index in [9.17, 15) is 4.79 Å². The summed E-state index contributed by atoms with van der Waals surface area (Å²) < 4.78 is 5.23. The average molecular weight is 255 g/mol. The third kappa shape index (κ3) is 2.70. The smallest absolute Gasteiger partial charge is 0.220 e. The molecule has 1 aromatic heterocycles. The predicted molar refractivity (Wildman–Crippen MR) is 72.7 cm³/mol. The maximum Gasteiger partial charge on any atom is 0.220 e. The zero-order valence-electron chi connectivity index (χ0n) is 10.8. The number of hydrogen-bond donors (Lipinski definition) is 1. The molecule has 3 rings (SSSR count). The summed E-state index contributed by atoms with van der Waals surface area (Å²) in [6, 6.07) is 12.3. The van der Waals surface area contributed by atoms with E-state index in [1.54, 1.807) is 6.26 Å². The van der Waals surface area contributed by atoms with E-state index < -0.39 is 0 Å². The Morgan fingerprint density at radius 2 is 2.16 bits per heavy atom. The maximum absolute atomic E-state index is 12.0. The molecule has 0 spiro atoms. The Bertz CT molecular complexity index is 560. The lowest BCUT2D eigenvalue weighted by atomic mass is 10.1. The first-order chi connectivity index (χ1) is 9.33. The second kappa shape index (κ2) is 5.31. The Morgan fingerprint density at radius 3 is 3.00 bits per heavy atom. The summed E-state index contributed by atoms with van der Waals surface area (Å²) in [5, 5.41) is 3.12. The van der Waals surface area contributed by atoms with Gasteiger partial charge in [0, 0.05) is 12.8 Å². The fraction of sp³-hybridized carbons (Fsp3) is 0.312. The molecule has 19 heavy (non-hydrogen) atoms. The third-order valence-electron chi connectivity index (χ3n) is 3.65. The number of aryl methyl sites for hydroxylation is 2. The molecule has 0 bridgehead atoms. The predicted octanol–water partition coefficient (Wildman–Crippen LogP) is 3.02. The zero-order chi connectivity index (χ0) is 13.1. The Hall–Kier alpha value is -2.03. The highest BCUT2D eigenvalue weighted by Gasteiger charge is 2.23. The summed E-state index contributed by atoms with van der Waals surface area (Å²) in [4.78, 5) is 12.0. The van der Waals surface area contributed by atoms with Crippen LogP contribution in [0.15, 0.2) is 47.1 Å². The fourth-order valence-corrected chi connectivity index (χ4v) is 2.67. The van der Waals surface area contributed by atoms with Crippen LogP contribution in [-0.4, -0.2) is 5.91 Å². The standard InChI is InChI=1S/C16H17NO2/c18-16(10-8-13-5-3-11-19-13)17-15-9-7-12-4-1-2-6-14(12)15/h1-6,11,15H,7-10H2,(H,17,18)/t15-/m1/s1. The molecule has 0 aliphatic heterocycles. The molecule has 3 nitrogen and oxygen atoms in total. The van der Waals surface area contributed by atoms with Gasteiger partial charge in [-0.1, -0.05) is 24.3 Å². The minimum Gasteiger partial charge on any atom is -0.469 e. The molecule has 1 heterocycles.